The summed E-state index contributed by atoms with van der Waals surface area (Å²) in [4.78, 5) is 7.55. The second-order valence-corrected chi connectivity index (χ2v) is 4.16. The lowest BCUT2D eigenvalue weighted by Crippen LogP contribution is -2.03. The van der Waals surface area contributed by atoms with Gasteiger partial charge in [-0.1, -0.05) is 29.3 Å². The van der Waals surface area contributed by atoms with Gasteiger partial charge in [0.05, 0.1) is 12.4 Å². The van der Waals surface area contributed by atoms with Gasteiger partial charge in [-0.25, -0.2) is 14.4 Å². The summed E-state index contributed by atoms with van der Waals surface area (Å²) in [6.07, 6.45) is 2.19. The molecule has 3 nitrogen and oxygen atoms in total. The molecule has 0 aliphatic heterocycles. The van der Waals surface area contributed by atoms with Gasteiger partial charge in [0.15, 0.2) is 5.82 Å². The van der Waals surface area contributed by atoms with Crippen LogP contribution < -0.4 is 5.32 Å². The summed E-state index contributed by atoms with van der Waals surface area (Å²) in [7, 11) is 0. The lowest BCUT2D eigenvalue weighted by Gasteiger charge is -2.06. The van der Waals surface area contributed by atoms with Gasteiger partial charge < -0.3 is 5.32 Å². The monoisotopic (exact) mass is 271 g/mol. The van der Waals surface area contributed by atoms with Gasteiger partial charge in [-0.2, -0.15) is 0 Å². The van der Waals surface area contributed by atoms with Crippen molar-refractivity contribution in [2.45, 2.75) is 6.54 Å². The molecule has 0 atom stereocenters. The van der Waals surface area contributed by atoms with Gasteiger partial charge in [-0.05, 0) is 17.7 Å². The molecule has 17 heavy (non-hydrogen) atoms. The summed E-state index contributed by atoms with van der Waals surface area (Å²) in [5.41, 5.74) is 0.865. The van der Waals surface area contributed by atoms with E-state index in [9.17, 15) is 4.39 Å². The molecule has 1 heterocycles. The molecule has 0 bridgehead atoms. The molecule has 0 saturated heterocycles. The van der Waals surface area contributed by atoms with E-state index in [4.69, 9.17) is 23.2 Å². The van der Waals surface area contributed by atoms with E-state index in [1.807, 2.05) is 0 Å². The quantitative estimate of drug-likeness (QED) is 0.928. The fourth-order valence-corrected chi connectivity index (χ4v) is 1.72. The molecule has 0 radical (unpaired) electrons. The minimum absolute atomic E-state index is 0.345. The van der Waals surface area contributed by atoms with Crippen molar-refractivity contribution in [2.24, 2.45) is 0 Å². The minimum atomic E-state index is -0.472. The third-order valence-electron chi connectivity index (χ3n) is 2.07. The maximum atomic E-state index is 12.6. The number of hydrogen-bond acceptors (Lipinski definition) is 3. The molecule has 6 heteroatoms. The molecule has 0 amide bonds. The molecule has 1 aromatic heterocycles. The summed E-state index contributed by atoms with van der Waals surface area (Å²) in [5.74, 6) is -0.127. The first-order valence-electron chi connectivity index (χ1n) is 4.80. The van der Waals surface area contributed by atoms with Gasteiger partial charge in [0, 0.05) is 16.6 Å². The first-order valence-corrected chi connectivity index (χ1v) is 5.56. The van der Waals surface area contributed by atoms with Crippen LogP contribution in [0.15, 0.2) is 30.6 Å². The lowest BCUT2D eigenvalue weighted by atomic mass is 10.2. The number of nitrogens with one attached hydrogen (secondary N) is 1. The van der Waals surface area contributed by atoms with Crippen LogP contribution in [0.25, 0.3) is 0 Å². The standard InChI is InChI=1S/C11H8Cl2FN3/c12-8-2-1-7(10(13)3-8)4-15-11-16-5-9(14)6-17-11/h1-3,5-6H,4H2,(H,15,16,17). The van der Waals surface area contributed by atoms with Gasteiger partial charge in [0.25, 0.3) is 0 Å². The summed E-state index contributed by atoms with van der Waals surface area (Å²) in [6, 6.07) is 5.21. The van der Waals surface area contributed by atoms with Crippen LogP contribution in [0.3, 0.4) is 0 Å². The van der Waals surface area contributed by atoms with Crippen LogP contribution in [0, 0.1) is 5.82 Å². The Morgan fingerprint density at radius 2 is 1.88 bits per heavy atom. The summed E-state index contributed by atoms with van der Waals surface area (Å²) < 4.78 is 12.6. The normalized spacial score (nSPS) is 10.3. The van der Waals surface area contributed by atoms with Crippen molar-refractivity contribution < 1.29 is 4.39 Å². The van der Waals surface area contributed by atoms with Crippen LogP contribution in [0.5, 0.6) is 0 Å². The number of anilines is 1. The fraction of sp³-hybridized carbons (Fsp3) is 0.0909. The lowest BCUT2D eigenvalue weighted by molar-refractivity contribution is 0.614. The fourth-order valence-electron chi connectivity index (χ4n) is 1.24. The van der Waals surface area contributed by atoms with Crippen LogP contribution in [-0.2, 0) is 6.54 Å². The number of halogens is 3. The van der Waals surface area contributed by atoms with Gasteiger partial charge in [0.1, 0.15) is 0 Å². The third kappa shape index (κ3) is 3.28. The highest BCUT2D eigenvalue weighted by atomic mass is 35.5. The molecule has 1 aromatic carbocycles. The Hall–Kier alpha value is -1.39. The molecule has 1 N–H and O–H groups in total. The molecule has 0 aliphatic rings. The average Bonchev–Trinajstić information content (AvgIpc) is 2.30. The van der Waals surface area contributed by atoms with E-state index in [-0.39, 0.29) is 0 Å². The Labute approximate surface area is 108 Å². The smallest absolute Gasteiger partial charge is 0.223 e. The van der Waals surface area contributed by atoms with Crippen LogP contribution in [0.2, 0.25) is 10.0 Å². The van der Waals surface area contributed by atoms with E-state index in [0.717, 1.165) is 18.0 Å². The van der Waals surface area contributed by atoms with Gasteiger partial charge in [-0.15, -0.1) is 0 Å². The van der Waals surface area contributed by atoms with Gasteiger partial charge in [-0.3, -0.25) is 0 Å². The van der Waals surface area contributed by atoms with Crippen molar-refractivity contribution in [3.8, 4) is 0 Å². The first-order chi connectivity index (χ1) is 8.15. The van der Waals surface area contributed by atoms with Crippen molar-refractivity contribution in [3.63, 3.8) is 0 Å². The maximum Gasteiger partial charge on any atom is 0.223 e. The van der Waals surface area contributed by atoms with Gasteiger partial charge >= 0.3 is 0 Å². The Morgan fingerprint density at radius 1 is 1.18 bits per heavy atom. The molecule has 0 saturated carbocycles. The molecular formula is C11H8Cl2FN3. The van der Waals surface area contributed by atoms with Crippen LogP contribution >= 0.6 is 23.2 Å². The molecule has 0 aliphatic carbocycles. The minimum Gasteiger partial charge on any atom is -0.350 e. The summed E-state index contributed by atoms with van der Waals surface area (Å²) in [6.45, 7) is 0.446. The SMILES string of the molecule is Fc1cnc(NCc2ccc(Cl)cc2Cl)nc1. The predicted molar refractivity (Wildman–Crippen MR) is 65.8 cm³/mol. The zero-order valence-electron chi connectivity index (χ0n) is 8.62. The highest BCUT2D eigenvalue weighted by Gasteiger charge is 2.02. The zero-order valence-corrected chi connectivity index (χ0v) is 10.1. The molecule has 88 valence electrons. The van der Waals surface area contributed by atoms with Crippen molar-refractivity contribution in [2.75, 3.05) is 5.32 Å². The Morgan fingerprint density at radius 3 is 2.53 bits per heavy atom. The predicted octanol–water partition coefficient (Wildman–Crippen LogP) is 3.53. The Kier molecular flexibility index (Phi) is 3.76. The van der Waals surface area contributed by atoms with E-state index in [2.05, 4.69) is 15.3 Å². The molecule has 2 aromatic rings. The third-order valence-corrected chi connectivity index (χ3v) is 2.66. The zero-order chi connectivity index (χ0) is 12.3. The van der Waals surface area contributed by atoms with Crippen LogP contribution in [0.4, 0.5) is 10.3 Å². The Balaban J connectivity index is 2.04. The summed E-state index contributed by atoms with van der Waals surface area (Å²) >= 11 is 11.8. The number of benzene rings is 1. The number of rotatable bonds is 3. The van der Waals surface area contributed by atoms with Crippen molar-refractivity contribution >= 4 is 29.2 Å². The number of aromatic nitrogens is 2. The van der Waals surface area contributed by atoms with E-state index in [1.165, 1.54) is 0 Å². The van der Waals surface area contributed by atoms with Crippen molar-refractivity contribution in [1.29, 1.82) is 0 Å². The maximum absolute atomic E-state index is 12.6. The van der Waals surface area contributed by atoms with Gasteiger partial charge in [0.2, 0.25) is 5.95 Å². The van der Waals surface area contributed by atoms with Crippen LogP contribution in [-0.4, -0.2) is 9.97 Å². The Bertz CT molecular complexity index is 517. The highest BCUT2D eigenvalue weighted by Crippen LogP contribution is 2.21. The van der Waals surface area contributed by atoms with E-state index >= 15 is 0 Å². The van der Waals surface area contributed by atoms with Crippen LogP contribution in [0.1, 0.15) is 5.56 Å². The molecule has 2 rings (SSSR count). The first kappa shape index (κ1) is 12.1. The number of nitrogens with zero attached hydrogens (tertiary/aromatic N) is 2. The second kappa shape index (κ2) is 5.29. The largest absolute Gasteiger partial charge is 0.350 e. The topological polar surface area (TPSA) is 37.8 Å². The molecular weight excluding hydrogens is 264 g/mol. The highest BCUT2D eigenvalue weighted by molar-refractivity contribution is 6.35. The number of hydrogen-bond donors (Lipinski definition) is 1. The van der Waals surface area contributed by atoms with E-state index < -0.39 is 5.82 Å². The van der Waals surface area contributed by atoms with E-state index in [0.29, 0.717) is 22.5 Å². The average molecular weight is 272 g/mol. The van der Waals surface area contributed by atoms with E-state index in [1.54, 1.807) is 18.2 Å². The van der Waals surface area contributed by atoms with Crippen molar-refractivity contribution in [1.82, 2.24) is 9.97 Å². The molecule has 0 unspecified atom stereocenters. The molecule has 0 fully saturated rings. The van der Waals surface area contributed by atoms with Crippen molar-refractivity contribution in [3.05, 3.63) is 52.0 Å². The molecule has 0 spiro atoms. The second-order valence-electron chi connectivity index (χ2n) is 3.31. The summed E-state index contributed by atoms with van der Waals surface area (Å²) in [5, 5.41) is 4.07.